The summed E-state index contributed by atoms with van der Waals surface area (Å²) in [4.78, 5) is 12.0. The van der Waals surface area contributed by atoms with E-state index in [2.05, 4.69) is 20.7 Å². The third-order valence-electron chi connectivity index (χ3n) is 3.36. The minimum Gasteiger partial charge on any atom is -0.468 e. The molecule has 18 heavy (non-hydrogen) atoms. The Morgan fingerprint density at radius 3 is 2.22 bits per heavy atom. The molecule has 1 aliphatic carbocycles. The number of methoxy groups -OCH3 is 1. The molecule has 1 fully saturated rings. The van der Waals surface area contributed by atoms with E-state index in [1.54, 1.807) is 12.1 Å². The zero-order chi connectivity index (χ0) is 13.4. The zero-order valence-electron chi connectivity index (χ0n) is 9.85. The van der Waals surface area contributed by atoms with Crippen molar-refractivity contribution in [3.63, 3.8) is 0 Å². The predicted octanol–water partition coefficient (Wildman–Crippen LogP) is 2.32. The van der Waals surface area contributed by atoms with Crippen molar-refractivity contribution in [2.24, 2.45) is 0 Å². The van der Waals surface area contributed by atoms with E-state index < -0.39 is 20.6 Å². The first-order valence-corrected chi connectivity index (χ1v) is 7.80. The summed E-state index contributed by atoms with van der Waals surface area (Å²) in [5, 5.41) is 0. The summed E-state index contributed by atoms with van der Waals surface area (Å²) in [7, 11) is -2.47. The molecule has 0 heterocycles. The lowest BCUT2D eigenvalue weighted by Crippen LogP contribution is -2.52. The molecule has 0 radical (unpaired) electrons. The summed E-state index contributed by atoms with van der Waals surface area (Å²) >= 11 is 3.25. The Labute approximate surface area is 114 Å². The van der Waals surface area contributed by atoms with Crippen LogP contribution >= 0.6 is 15.9 Å². The molecule has 0 amide bonds. The van der Waals surface area contributed by atoms with Gasteiger partial charge < -0.3 is 4.74 Å². The van der Waals surface area contributed by atoms with Crippen LogP contribution in [0.1, 0.15) is 19.3 Å². The summed E-state index contributed by atoms with van der Waals surface area (Å²) in [6.45, 7) is 0. The van der Waals surface area contributed by atoms with Crippen molar-refractivity contribution in [3.8, 4) is 0 Å². The first-order valence-electron chi connectivity index (χ1n) is 5.53. The van der Waals surface area contributed by atoms with Gasteiger partial charge in [-0.15, -0.1) is 0 Å². The molecule has 0 aromatic heterocycles. The molecule has 4 nitrogen and oxygen atoms in total. The smallest absolute Gasteiger partial charge is 0.327 e. The molecule has 6 heteroatoms. The van der Waals surface area contributed by atoms with Gasteiger partial charge in [0.2, 0.25) is 0 Å². The van der Waals surface area contributed by atoms with Gasteiger partial charge in [0, 0.05) is 4.47 Å². The van der Waals surface area contributed by atoms with Gasteiger partial charge in [-0.1, -0.05) is 15.9 Å². The Balaban J connectivity index is 2.47. The third-order valence-corrected chi connectivity index (χ3v) is 6.38. The van der Waals surface area contributed by atoms with Crippen molar-refractivity contribution in [2.45, 2.75) is 28.9 Å². The van der Waals surface area contributed by atoms with Gasteiger partial charge in [-0.2, -0.15) is 0 Å². The van der Waals surface area contributed by atoms with Crippen LogP contribution in [0.2, 0.25) is 0 Å². The van der Waals surface area contributed by atoms with E-state index in [-0.39, 0.29) is 4.90 Å². The van der Waals surface area contributed by atoms with Crippen molar-refractivity contribution < 1.29 is 17.9 Å². The monoisotopic (exact) mass is 332 g/mol. The van der Waals surface area contributed by atoms with Crippen molar-refractivity contribution in [2.75, 3.05) is 7.11 Å². The average molecular weight is 333 g/mol. The Morgan fingerprint density at radius 1 is 1.28 bits per heavy atom. The van der Waals surface area contributed by atoms with Crippen molar-refractivity contribution in [1.82, 2.24) is 0 Å². The third kappa shape index (κ3) is 1.87. The van der Waals surface area contributed by atoms with Crippen LogP contribution in [0.15, 0.2) is 33.6 Å². The number of carbonyl (C=O) groups excluding carboxylic acids is 1. The van der Waals surface area contributed by atoms with Gasteiger partial charge in [0.25, 0.3) is 0 Å². The molecule has 98 valence electrons. The molecule has 0 bridgehead atoms. The predicted molar refractivity (Wildman–Crippen MR) is 69.9 cm³/mol. The second-order valence-corrected chi connectivity index (χ2v) is 7.47. The number of hydrogen-bond acceptors (Lipinski definition) is 4. The van der Waals surface area contributed by atoms with Crippen molar-refractivity contribution in [1.29, 1.82) is 0 Å². The summed E-state index contributed by atoms with van der Waals surface area (Å²) in [6, 6.07) is 6.30. The first kappa shape index (κ1) is 13.5. The molecule has 0 spiro atoms. The van der Waals surface area contributed by atoms with E-state index in [9.17, 15) is 13.2 Å². The van der Waals surface area contributed by atoms with E-state index in [4.69, 9.17) is 0 Å². The largest absolute Gasteiger partial charge is 0.468 e. The molecule has 2 rings (SSSR count). The molecule has 1 aromatic carbocycles. The maximum absolute atomic E-state index is 12.5. The van der Waals surface area contributed by atoms with Crippen LogP contribution in [0, 0.1) is 0 Å². The highest BCUT2D eigenvalue weighted by molar-refractivity contribution is 9.10. The molecule has 0 N–H and O–H groups in total. The van der Waals surface area contributed by atoms with E-state index in [0.29, 0.717) is 12.8 Å². The number of hydrogen-bond donors (Lipinski definition) is 0. The standard InChI is InChI=1S/C12H13BrO4S/c1-17-11(14)12(7-2-8-12)18(15,16)10-5-3-9(13)4-6-10/h3-6H,2,7-8H2,1H3. The van der Waals surface area contributed by atoms with Crippen molar-refractivity contribution >= 4 is 31.7 Å². The van der Waals surface area contributed by atoms with Crippen LogP contribution < -0.4 is 0 Å². The van der Waals surface area contributed by atoms with E-state index in [1.165, 1.54) is 19.2 Å². The second-order valence-electron chi connectivity index (χ2n) is 4.30. The lowest BCUT2D eigenvalue weighted by Gasteiger charge is -2.37. The molecular formula is C12H13BrO4S. The van der Waals surface area contributed by atoms with E-state index in [0.717, 1.165) is 10.9 Å². The molecule has 0 saturated heterocycles. The number of carbonyl (C=O) groups is 1. The number of halogens is 1. The Bertz CT molecular complexity index is 558. The van der Waals surface area contributed by atoms with Gasteiger partial charge in [0.1, 0.15) is 0 Å². The molecule has 0 atom stereocenters. The molecule has 0 aliphatic heterocycles. The first-order chi connectivity index (χ1) is 8.44. The topological polar surface area (TPSA) is 60.4 Å². The molecule has 1 aromatic rings. The van der Waals surface area contributed by atoms with Crippen LogP contribution in [0.5, 0.6) is 0 Å². The normalized spacial score (nSPS) is 17.9. The average Bonchev–Trinajstić information content (AvgIpc) is 2.27. The summed E-state index contributed by atoms with van der Waals surface area (Å²) < 4.78 is 29.1. The van der Waals surface area contributed by atoms with Gasteiger partial charge in [-0.05, 0) is 43.5 Å². The lowest BCUT2D eigenvalue weighted by molar-refractivity contribution is -0.146. The molecular weight excluding hydrogens is 320 g/mol. The van der Waals surface area contributed by atoms with Crippen LogP contribution in [0.3, 0.4) is 0 Å². The fourth-order valence-electron chi connectivity index (χ4n) is 2.11. The van der Waals surface area contributed by atoms with Crippen LogP contribution in [0.4, 0.5) is 0 Å². The molecule has 1 saturated carbocycles. The number of rotatable bonds is 3. The Morgan fingerprint density at radius 2 is 1.83 bits per heavy atom. The highest BCUT2D eigenvalue weighted by Gasteiger charge is 2.56. The van der Waals surface area contributed by atoms with Gasteiger partial charge in [0.05, 0.1) is 12.0 Å². The van der Waals surface area contributed by atoms with E-state index in [1.807, 2.05) is 0 Å². The van der Waals surface area contributed by atoms with Gasteiger partial charge in [-0.3, -0.25) is 4.79 Å². The van der Waals surface area contributed by atoms with Gasteiger partial charge >= 0.3 is 5.97 Å². The zero-order valence-corrected chi connectivity index (χ0v) is 12.3. The van der Waals surface area contributed by atoms with Gasteiger partial charge in [-0.25, -0.2) is 8.42 Å². The summed E-state index contributed by atoms with van der Waals surface area (Å²) in [5.41, 5.74) is 0. The van der Waals surface area contributed by atoms with Crippen molar-refractivity contribution in [3.05, 3.63) is 28.7 Å². The Hall–Kier alpha value is -0.880. The lowest BCUT2D eigenvalue weighted by atomic mass is 9.84. The van der Waals surface area contributed by atoms with Gasteiger partial charge in [0.15, 0.2) is 14.6 Å². The Kier molecular flexibility index (Phi) is 3.51. The van der Waals surface area contributed by atoms with Crippen LogP contribution in [0.25, 0.3) is 0 Å². The number of esters is 1. The highest BCUT2D eigenvalue weighted by atomic mass is 79.9. The minimum atomic E-state index is -3.69. The van der Waals surface area contributed by atoms with Crippen LogP contribution in [-0.4, -0.2) is 26.2 Å². The SMILES string of the molecule is COC(=O)C1(S(=O)(=O)c2ccc(Br)cc2)CCC1. The molecule has 0 unspecified atom stereocenters. The molecule has 1 aliphatic rings. The number of benzene rings is 1. The van der Waals surface area contributed by atoms with E-state index >= 15 is 0 Å². The van der Waals surface area contributed by atoms with Crippen LogP contribution in [-0.2, 0) is 19.4 Å². The summed E-state index contributed by atoms with van der Waals surface area (Å²) in [5.74, 6) is -0.656. The second kappa shape index (κ2) is 4.66. The maximum Gasteiger partial charge on any atom is 0.327 e. The summed E-state index contributed by atoms with van der Waals surface area (Å²) in [6.07, 6.45) is 1.39. The highest BCUT2D eigenvalue weighted by Crippen LogP contribution is 2.43. The quantitative estimate of drug-likeness (QED) is 0.797. The maximum atomic E-state index is 12.5. The fraction of sp³-hybridized carbons (Fsp3) is 0.417. The fourth-order valence-corrected chi connectivity index (χ4v) is 4.44. The number of ether oxygens (including phenoxy) is 1. The minimum absolute atomic E-state index is 0.163. The number of sulfone groups is 1.